The zero-order chi connectivity index (χ0) is 18.8. The fourth-order valence-electron chi connectivity index (χ4n) is 2.43. The number of carbonyl (C=O) groups is 1. The summed E-state index contributed by atoms with van der Waals surface area (Å²) in [6, 6.07) is 32.4. The van der Waals surface area contributed by atoms with Crippen LogP contribution in [0.5, 0.6) is 0 Å². The Morgan fingerprint density at radius 2 is 1.04 bits per heavy atom. The van der Waals surface area contributed by atoms with Crippen molar-refractivity contribution in [3.05, 3.63) is 91.0 Å². The molecule has 0 aliphatic carbocycles. The van der Waals surface area contributed by atoms with E-state index in [4.69, 9.17) is 5.11 Å². The molecule has 4 heteroatoms. The van der Waals surface area contributed by atoms with E-state index in [1.807, 2.05) is 0 Å². The second-order valence-corrected chi connectivity index (χ2v) is 8.17. The molecule has 0 unspecified atom stereocenters. The molecule has 3 aromatic rings. The average molecular weight is 365 g/mol. The molecule has 0 aliphatic rings. The zero-order valence-electron chi connectivity index (χ0n) is 15.0. The Kier molecular flexibility index (Phi) is 7.85. The molecule has 26 heavy (non-hydrogen) atoms. The van der Waals surface area contributed by atoms with Crippen molar-refractivity contribution in [1.29, 1.82) is 0 Å². The van der Waals surface area contributed by atoms with Crippen LogP contribution >= 0.6 is 7.92 Å². The minimum Gasteiger partial charge on any atom is -0.465 e. The van der Waals surface area contributed by atoms with Gasteiger partial charge in [-0.1, -0.05) is 91.0 Å². The first-order chi connectivity index (χ1) is 12.6. The van der Waals surface area contributed by atoms with E-state index in [-0.39, 0.29) is 6.04 Å². The van der Waals surface area contributed by atoms with E-state index >= 15 is 0 Å². The molecule has 0 aliphatic heterocycles. The summed E-state index contributed by atoms with van der Waals surface area (Å²) in [5, 5.41) is 14.4. The monoisotopic (exact) mass is 365 g/mol. The fourth-order valence-corrected chi connectivity index (χ4v) is 4.73. The molecule has 0 heterocycles. The molecular weight excluding hydrogens is 341 g/mol. The van der Waals surface area contributed by atoms with Crippen LogP contribution in [-0.2, 0) is 0 Å². The molecule has 3 nitrogen and oxygen atoms in total. The molecule has 0 atom stereocenters. The van der Waals surface area contributed by atoms with Gasteiger partial charge in [0.1, 0.15) is 0 Å². The Labute approximate surface area is 156 Å². The van der Waals surface area contributed by atoms with E-state index in [1.54, 1.807) is 13.8 Å². The molecule has 0 aromatic heterocycles. The zero-order valence-corrected chi connectivity index (χ0v) is 15.9. The third-order valence-electron chi connectivity index (χ3n) is 3.46. The Bertz CT molecular complexity index is 683. The normalized spacial score (nSPS) is 10.2. The van der Waals surface area contributed by atoms with Crippen molar-refractivity contribution in [2.24, 2.45) is 0 Å². The van der Waals surface area contributed by atoms with Crippen molar-refractivity contribution < 1.29 is 9.90 Å². The number of hydrogen-bond acceptors (Lipinski definition) is 1. The maximum absolute atomic E-state index is 9.70. The van der Waals surface area contributed by atoms with E-state index in [9.17, 15) is 4.79 Å². The lowest BCUT2D eigenvalue weighted by atomic mass is 10.4. The van der Waals surface area contributed by atoms with Crippen LogP contribution in [0.15, 0.2) is 91.0 Å². The Balaban J connectivity index is 0.000000298. The number of hydrogen-bond donors (Lipinski definition) is 2. The van der Waals surface area contributed by atoms with Gasteiger partial charge in [-0.2, -0.15) is 0 Å². The van der Waals surface area contributed by atoms with Crippen LogP contribution in [0.1, 0.15) is 13.8 Å². The van der Waals surface area contributed by atoms with Crippen molar-refractivity contribution in [2.45, 2.75) is 19.9 Å². The third kappa shape index (κ3) is 6.34. The van der Waals surface area contributed by atoms with Gasteiger partial charge in [-0.05, 0) is 37.7 Å². The molecule has 2 N–H and O–H groups in total. The van der Waals surface area contributed by atoms with Gasteiger partial charge in [0.05, 0.1) is 0 Å². The molecule has 0 spiro atoms. The maximum atomic E-state index is 9.70. The molecule has 0 fully saturated rings. The summed E-state index contributed by atoms with van der Waals surface area (Å²) in [5.41, 5.74) is 0. The first-order valence-corrected chi connectivity index (χ1v) is 9.87. The highest BCUT2D eigenvalue weighted by molar-refractivity contribution is 7.79. The minimum absolute atomic E-state index is 0.0255. The van der Waals surface area contributed by atoms with Crippen LogP contribution in [0, 0.1) is 0 Å². The number of benzene rings is 3. The van der Waals surface area contributed by atoms with Crippen molar-refractivity contribution in [3.63, 3.8) is 0 Å². The summed E-state index contributed by atoms with van der Waals surface area (Å²) in [6.45, 7) is 3.54. The van der Waals surface area contributed by atoms with E-state index in [2.05, 4.69) is 96.3 Å². The standard InChI is InChI=1S/C18H15P.C4H9NO2/c1-4-10-16(11-5-1)19(17-12-6-2-7-13-17)18-14-8-3-9-15-18;1-3(2)5-4(6)7/h1-15H;3,5H,1-2H3,(H,6,7). The van der Waals surface area contributed by atoms with Gasteiger partial charge >= 0.3 is 6.09 Å². The van der Waals surface area contributed by atoms with Gasteiger partial charge in [-0.3, -0.25) is 0 Å². The Morgan fingerprint density at radius 1 is 0.731 bits per heavy atom. The predicted octanol–water partition coefficient (Wildman–Crippen LogP) is 4.11. The molecule has 134 valence electrons. The topological polar surface area (TPSA) is 49.3 Å². The van der Waals surface area contributed by atoms with Crippen molar-refractivity contribution in [3.8, 4) is 0 Å². The molecule has 3 rings (SSSR count). The van der Waals surface area contributed by atoms with Crippen LogP contribution in [0.4, 0.5) is 4.79 Å². The lowest BCUT2D eigenvalue weighted by Crippen LogP contribution is -2.27. The number of carboxylic acid groups (broad SMARTS) is 1. The first kappa shape index (κ1) is 19.7. The summed E-state index contributed by atoms with van der Waals surface area (Å²) in [5.74, 6) is 0. The predicted molar refractivity (Wildman–Crippen MR) is 111 cm³/mol. The second kappa shape index (κ2) is 10.4. The Hall–Kier alpha value is -2.64. The molecule has 0 saturated carbocycles. The van der Waals surface area contributed by atoms with Crippen LogP contribution in [0.25, 0.3) is 0 Å². The second-order valence-electron chi connectivity index (χ2n) is 5.95. The largest absolute Gasteiger partial charge is 0.465 e. The van der Waals surface area contributed by atoms with E-state index in [0.29, 0.717) is 0 Å². The van der Waals surface area contributed by atoms with Gasteiger partial charge in [0.15, 0.2) is 0 Å². The maximum Gasteiger partial charge on any atom is 0.404 e. The van der Waals surface area contributed by atoms with E-state index < -0.39 is 14.0 Å². The van der Waals surface area contributed by atoms with Gasteiger partial charge in [0.25, 0.3) is 0 Å². The number of rotatable bonds is 4. The van der Waals surface area contributed by atoms with Crippen molar-refractivity contribution in [1.82, 2.24) is 5.32 Å². The van der Waals surface area contributed by atoms with Crippen molar-refractivity contribution >= 4 is 29.9 Å². The summed E-state index contributed by atoms with van der Waals surface area (Å²) >= 11 is 0. The highest BCUT2D eigenvalue weighted by Gasteiger charge is 2.14. The first-order valence-electron chi connectivity index (χ1n) is 8.52. The van der Waals surface area contributed by atoms with Gasteiger partial charge < -0.3 is 10.4 Å². The van der Waals surface area contributed by atoms with Crippen LogP contribution in [0.2, 0.25) is 0 Å². The Morgan fingerprint density at radius 3 is 1.23 bits per heavy atom. The van der Waals surface area contributed by atoms with Gasteiger partial charge in [-0.15, -0.1) is 0 Å². The van der Waals surface area contributed by atoms with Gasteiger partial charge in [-0.25, -0.2) is 4.79 Å². The summed E-state index contributed by atoms with van der Waals surface area (Å²) < 4.78 is 0. The quantitative estimate of drug-likeness (QED) is 0.684. The SMILES string of the molecule is CC(C)NC(=O)O.c1ccc(P(c2ccccc2)c2ccccc2)cc1. The molecule has 0 bridgehead atoms. The molecule has 0 saturated heterocycles. The summed E-state index contributed by atoms with van der Waals surface area (Å²) in [7, 11) is -0.446. The lowest BCUT2D eigenvalue weighted by molar-refractivity contribution is 0.191. The highest BCUT2D eigenvalue weighted by atomic mass is 31.1. The summed E-state index contributed by atoms with van der Waals surface area (Å²) in [4.78, 5) is 9.70. The average Bonchev–Trinajstić information content (AvgIpc) is 2.64. The third-order valence-corrected chi connectivity index (χ3v) is 5.90. The molecular formula is C22H24NO2P. The molecule has 0 radical (unpaired) electrons. The smallest absolute Gasteiger partial charge is 0.404 e. The lowest BCUT2D eigenvalue weighted by Gasteiger charge is -2.18. The van der Waals surface area contributed by atoms with Crippen molar-refractivity contribution in [2.75, 3.05) is 0 Å². The highest BCUT2D eigenvalue weighted by Crippen LogP contribution is 2.32. The fraction of sp³-hybridized carbons (Fsp3) is 0.136. The van der Waals surface area contributed by atoms with Gasteiger partial charge in [0, 0.05) is 6.04 Å². The number of amides is 1. The minimum atomic E-state index is -0.963. The number of nitrogens with one attached hydrogen (secondary N) is 1. The van der Waals surface area contributed by atoms with E-state index in [0.717, 1.165) is 0 Å². The van der Waals surface area contributed by atoms with E-state index in [1.165, 1.54) is 15.9 Å². The van der Waals surface area contributed by atoms with Gasteiger partial charge in [0.2, 0.25) is 0 Å². The summed E-state index contributed by atoms with van der Waals surface area (Å²) in [6.07, 6.45) is -0.963. The molecule has 1 amide bonds. The van der Waals surface area contributed by atoms with Crippen LogP contribution < -0.4 is 21.2 Å². The van der Waals surface area contributed by atoms with Crippen LogP contribution in [0.3, 0.4) is 0 Å². The molecule has 3 aromatic carbocycles. The van der Waals surface area contributed by atoms with Crippen LogP contribution in [-0.4, -0.2) is 17.2 Å².